The number of thiophene rings is 1. The van der Waals surface area contributed by atoms with Crippen molar-refractivity contribution in [2.75, 3.05) is 0 Å². The Balaban J connectivity index is 2.27. The first kappa shape index (κ1) is 9.22. The van der Waals surface area contributed by atoms with E-state index in [0.29, 0.717) is 0 Å². The maximum atomic E-state index is 10.4. The molecule has 72 valence electrons. The van der Waals surface area contributed by atoms with E-state index >= 15 is 0 Å². The molecule has 2 heteroatoms. The van der Waals surface area contributed by atoms with Crippen LogP contribution in [0.4, 0.5) is 0 Å². The zero-order valence-corrected chi connectivity index (χ0v) is 8.86. The van der Waals surface area contributed by atoms with Gasteiger partial charge in [-0.15, -0.1) is 11.3 Å². The van der Waals surface area contributed by atoms with Crippen LogP contribution in [0, 0.1) is 6.92 Å². The molecule has 0 bridgehead atoms. The summed E-state index contributed by atoms with van der Waals surface area (Å²) < 4.78 is 0. The van der Waals surface area contributed by atoms with Gasteiger partial charge in [0.2, 0.25) is 0 Å². The average Bonchev–Trinajstić information content (AvgIpc) is 2.53. The Kier molecular flexibility index (Phi) is 2.43. The molecule has 2 rings (SSSR count). The van der Waals surface area contributed by atoms with Crippen molar-refractivity contribution in [2.24, 2.45) is 0 Å². The van der Waals surface area contributed by atoms with Crippen LogP contribution in [-0.4, -0.2) is 5.11 Å². The predicted molar refractivity (Wildman–Crippen MR) is 56.0 cm³/mol. The fourth-order valence-corrected chi connectivity index (χ4v) is 3.07. The van der Waals surface area contributed by atoms with Gasteiger partial charge in [-0.25, -0.2) is 0 Å². The maximum Gasteiger partial charge on any atom is 0.0907 e. The molecule has 0 aromatic carbocycles. The van der Waals surface area contributed by atoms with E-state index in [1.807, 2.05) is 0 Å². The first-order valence-electron chi connectivity index (χ1n) is 4.99. The molecular formula is C11H16OS. The molecule has 0 radical (unpaired) electrons. The summed E-state index contributed by atoms with van der Waals surface area (Å²) in [6.07, 6.45) is 5.53. The van der Waals surface area contributed by atoms with Crippen LogP contribution in [0.1, 0.15) is 42.5 Å². The fraction of sp³-hybridized carbons (Fsp3) is 0.636. The minimum absolute atomic E-state index is 0.498. The Morgan fingerprint density at radius 3 is 2.54 bits per heavy atom. The molecule has 0 saturated heterocycles. The van der Waals surface area contributed by atoms with Gasteiger partial charge >= 0.3 is 0 Å². The molecule has 13 heavy (non-hydrogen) atoms. The van der Waals surface area contributed by atoms with Crippen molar-refractivity contribution in [2.45, 2.75) is 44.6 Å². The lowest BCUT2D eigenvalue weighted by Crippen LogP contribution is -2.28. The molecule has 0 unspecified atom stereocenters. The lowest BCUT2D eigenvalue weighted by Gasteiger charge is -2.32. The molecule has 1 heterocycles. The van der Waals surface area contributed by atoms with Crippen LogP contribution in [0.5, 0.6) is 0 Å². The van der Waals surface area contributed by atoms with Gasteiger partial charge in [0.25, 0.3) is 0 Å². The highest BCUT2D eigenvalue weighted by molar-refractivity contribution is 7.10. The minimum Gasteiger partial charge on any atom is -0.385 e. The molecule has 1 nitrogen and oxygen atoms in total. The Bertz CT molecular complexity index is 284. The molecular weight excluding hydrogens is 180 g/mol. The van der Waals surface area contributed by atoms with Gasteiger partial charge in [0.15, 0.2) is 0 Å². The van der Waals surface area contributed by atoms with Crippen molar-refractivity contribution >= 4 is 11.3 Å². The Labute approximate surface area is 83.4 Å². The standard InChI is InChI=1S/C11H16OS/c1-9-10(5-8-13-9)11(12)6-3-2-4-7-11/h5,8,12H,2-4,6-7H2,1H3. The maximum absolute atomic E-state index is 10.4. The lowest BCUT2D eigenvalue weighted by molar-refractivity contribution is -0.000726. The third kappa shape index (κ3) is 1.65. The number of aryl methyl sites for hydroxylation is 1. The van der Waals surface area contributed by atoms with Crippen molar-refractivity contribution in [1.29, 1.82) is 0 Å². The monoisotopic (exact) mass is 196 g/mol. The molecule has 0 aliphatic heterocycles. The van der Waals surface area contributed by atoms with Gasteiger partial charge in [0.05, 0.1) is 5.60 Å². The summed E-state index contributed by atoms with van der Waals surface area (Å²) in [6, 6.07) is 2.09. The second-order valence-electron chi connectivity index (χ2n) is 3.98. The van der Waals surface area contributed by atoms with E-state index in [1.54, 1.807) is 11.3 Å². The van der Waals surface area contributed by atoms with Gasteiger partial charge in [-0.2, -0.15) is 0 Å². The van der Waals surface area contributed by atoms with Gasteiger partial charge in [0.1, 0.15) is 0 Å². The zero-order valence-electron chi connectivity index (χ0n) is 8.05. The van der Waals surface area contributed by atoms with Crippen LogP contribution < -0.4 is 0 Å². The third-order valence-corrected chi connectivity index (χ3v) is 3.89. The van der Waals surface area contributed by atoms with E-state index in [-0.39, 0.29) is 0 Å². The quantitative estimate of drug-likeness (QED) is 0.731. The zero-order chi connectivity index (χ0) is 9.31. The van der Waals surface area contributed by atoms with Gasteiger partial charge in [-0.1, -0.05) is 19.3 Å². The molecule has 1 fully saturated rings. The summed E-state index contributed by atoms with van der Waals surface area (Å²) >= 11 is 1.74. The van der Waals surface area contributed by atoms with Crippen molar-refractivity contribution in [3.05, 3.63) is 21.9 Å². The normalized spacial score (nSPS) is 21.7. The number of aliphatic hydroxyl groups is 1. The smallest absolute Gasteiger partial charge is 0.0907 e. The van der Waals surface area contributed by atoms with Crippen LogP contribution >= 0.6 is 11.3 Å². The molecule has 1 aromatic heterocycles. The van der Waals surface area contributed by atoms with E-state index in [0.717, 1.165) is 12.8 Å². The van der Waals surface area contributed by atoms with Crippen LogP contribution in [0.25, 0.3) is 0 Å². The highest BCUT2D eigenvalue weighted by Crippen LogP contribution is 2.39. The Morgan fingerprint density at radius 2 is 2.00 bits per heavy atom. The van der Waals surface area contributed by atoms with Gasteiger partial charge in [-0.3, -0.25) is 0 Å². The molecule has 0 atom stereocenters. The summed E-state index contributed by atoms with van der Waals surface area (Å²) in [5.74, 6) is 0. The molecule has 1 saturated carbocycles. The SMILES string of the molecule is Cc1sccc1C1(O)CCCCC1. The average molecular weight is 196 g/mol. The van der Waals surface area contributed by atoms with E-state index in [4.69, 9.17) is 0 Å². The number of hydrogen-bond donors (Lipinski definition) is 1. The summed E-state index contributed by atoms with van der Waals surface area (Å²) in [5, 5.41) is 12.5. The molecule has 1 aromatic rings. The summed E-state index contributed by atoms with van der Waals surface area (Å²) in [5.41, 5.74) is 0.680. The lowest BCUT2D eigenvalue weighted by atomic mass is 9.80. The van der Waals surface area contributed by atoms with E-state index < -0.39 is 5.60 Å². The highest BCUT2D eigenvalue weighted by atomic mass is 32.1. The molecule has 1 aliphatic carbocycles. The van der Waals surface area contributed by atoms with Crippen LogP contribution in [-0.2, 0) is 5.60 Å². The number of hydrogen-bond acceptors (Lipinski definition) is 2. The summed E-state index contributed by atoms with van der Waals surface area (Å²) in [6.45, 7) is 2.10. The van der Waals surface area contributed by atoms with Gasteiger partial charge in [0, 0.05) is 4.88 Å². The van der Waals surface area contributed by atoms with Crippen molar-refractivity contribution < 1.29 is 5.11 Å². The molecule has 1 aliphatic rings. The highest BCUT2D eigenvalue weighted by Gasteiger charge is 2.32. The van der Waals surface area contributed by atoms with E-state index in [1.165, 1.54) is 29.7 Å². The van der Waals surface area contributed by atoms with Crippen molar-refractivity contribution in [1.82, 2.24) is 0 Å². The van der Waals surface area contributed by atoms with E-state index in [2.05, 4.69) is 18.4 Å². The largest absolute Gasteiger partial charge is 0.385 e. The second kappa shape index (κ2) is 3.43. The van der Waals surface area contributed by atoms with Gasteiger partial charge < -0.3 is 5.11 Å². The van der Waals surface area contributed by atoms with Crippen molar-refractivity contribution in [3.8, 4) is 0 Å². The molecule has 1 N–H and O–H groups in total. The topological polar surface area (TPSA) is 20.2 Å². The summed E-state index contributed by atoms with van der Waals surface area (Å²) in [4.78, 5) is 1.28. The molecule has 0 spiro atoms. The van der Waals surface area contributed by atoms with E-state index in [9.17, 15) is 5.11 Å². The van der Waals surface area contributed by atoms with Crippen LogP contribution in [0.3, 0.4) is 0 Å². The van der Waals surface area contributed by atoms with Gasteiger partial charge in [-0.05, 0) is 36.8 Å². The summed E-state index contributed by atoms with van der Waals surface area (Å²) in [7, 11) is 0. The van der Waals surface area contributed by atoms with Crippen LogP contribution in [0.2, 0.25) is 0 Å². The third-order valence-electron chi connectivity index (χ3n) is 3.04. The first-order valence-corrected chi connectivity index (χ1v) is 5.87. The fourth-order valence-electron chi connectivity index (χ4n) is 2.27. The minimum atomic E-state index is -0.498. The molecule has 0 amide bonds. The predicted octanol–water partition coefficient (Wildman–Crippen LogP) is 3.21. The Morgan fingerprint density at radius 1 is 1.31 bits per heavy atom. The first-order chi connectivity index (χ1) is 6.22. The second-order valence-corrected chi connectivity index (χ2v) is 5.10. The van der Waals surface area contributed by atoms with Crippen LogP contribution in [0.15, 0.2) is 11.4 Å². The Hall–Kier alpha value is -0.340. The number of rotatable bonds is 1. The van der Waals surface area contributed by atoms with Crippen molar-refractivity contribution in [3.63, 3.8) is 0 Å².